The van der Waals surface area contributed by atoms with E-state index in [0.717, 1.165) is 6.26 Å². The van der Waals surface area contributed by atoms with Gasteiger partial charge in [-0.3, -0.25) is 4.79 Å². The molecule has 16 heavy (non-hydrogen) atoms. The standard InChI is InChI=1S/C7H10N4O4S/c1-16(14,15)10-7(13)9-3-6(12)11-4-5(11)2-8/h5H,3-4H2,1H3,(H2,9,10,13). The molecule has 2 N–H and O–H groups in total. The molecule has 0 bridgehead atoms. The zero-order valence-electron chi connectivity index (χ0n) is 8.43. The molecule has 8 nitrogen and oxygen atoms in total. The number of nitriles is 1. The van der Waals surface area contributed by atoms with E-state index >= 15 is 0 Å². The van der Waals surface area contributed by atoms with Crippen molar-refractivity contribution >= 4 is 22.0 Å². The number of carbonyl (C=O) groups is 2. The second-order valence-corrected chi connectivity index (χ2v) is 5.00. The van der Waals surface area contributed by atoms with Crippen LogP contribution in [-0.2, 0) is 14.8 Å². The van der Waals surface area contributed by atoms with E-state index in [1.54, 1.807) is 4.72 Å². The molecule has 0 aromatic rings. The number of hydrogen-bond acceptors (Lipinski definition) is 5. The van der Waals surface area contributed by atoms with Gasteiger partial charge in [0.2, 0.25) is 15.9 Å². The molecular formula is C7H10N4O4S. The van der Waals surface area contributed by atoms with Crippen molar-refractivity contribution in [1.29, 1.82) is 5.26 Å². The highest BCUT2D eigenvalue weighted by Gasteiger charge is 2.38. The zero-order valence-corrected chi connectivity index (χ0v) is 9.24. The van der Waals surface area contributed by atoms with Crippen LogP contribution in [0.2, 0.25) is 0 Å². The SMILES string of the molecule is CS(=O)(=O)NC(=O)NCC(=O)N1CC1C#N. The van der Waals surface area contributed by atoms with E-state index in [4.69, 9.17) is 5.26 Å². The summed E-state index contributed by atoms with van der Waals surface area (Å²) in [6, 6.07) is 0.486. The quantitative estimate of drug-likeness (QED) is 0.557. The molecule has 1 saturated heterocycles. The predicted octanol–water partition coefficient (Wildman–Crippen LogP) is -2.02. The first-order chi connectivity index (χ1) is 7.33. The van der Waals surface area contributed by atoms with Crippen LogP contribution in [-0.4, -0.2) is 50.6 Å². The fourth-order valence-electron chi connectivity index (χ4n) is 0.987. The Morgan fingerprint density at radius 1 is 1.56 bits per heavy atom. The third-order valence-corrected chi connectivity index (χ3v) is 2.32. The molecule has 1 unspecified atom stereocenters. The molecule has 9 heteroatoms. The molecule has 1 rings (SSSR count). The molecule has 1 atom stereocenters. The van der Waals surface area contributed by atoms with Crippen molar-refractivity contribution in [3.05, 3.63) is 0 Å². The highest BCUT2D eigenvalue weighted by Crippen LogP contribution is 2.15. The maximum Gasteiger partial charge on any atom is 0.328 e. The second-order valence-electron chi connectivity index (χ2n) is 3.25. The lowest BCUT2D eigenvalue weighted by molar-refractivity contribution is -0.124. The second kappa shape index (κ2) is 4.36. The normalized spacial score (nSPS) is 18.5. The topological polar surface area (TPSA) is 119 Å². The molecule has 1 aliphatic rings. The van der Waals surface area contributed by atoms with Crippen LogP contribution in [0.25, 0.3) is 0 Å². The third-order valence-electron chi connectivity index (χ3n) is 1.76. The summed E-state index contributed by atoms with van der Waals surface area (Å²) >= 11 is 0. The number of amides is 3. The first-order valence-electron chi connectivity index (χ1n) is 4.28. The predicted molar refractivity (Wildman–Crippen MR) is 52.5 cm³/mol. The fourth-order valence-corrected chi connectivity index (χ4v) is 1.40. The molecule has 1 fully saturated rings. The molecule has 0 saturated carbocycles. The van der Waals surface area contributed by atoms with Crippen LogP contribution in [0.1, 0.15) is 0 Å². The van der Waals surface area contributed by atoms with Crippen molar-refractivity contribution in [2.24, 2.45) is 0 Å². The van der Waals surface area contributed by atoms with Crippen molar-refractivity contribution in [2.75, 3.05) is 19.3 Å². The molecule has 0 spiro atoms. The highest BCUT2D eigenvalue weighted by molar-refractivity contribution is 7.89. The van der Waals surface area contributed by atoms with Gasteiger partial charge in [-0.25, -0.2) is 17.9 Å². The smallest absolute Gasteiger partial charge is 0.328 e. The van der Waals surface area contributed by atoms with Crippen molar-refractivity contribution in [1.82, 2.24) is 14.9 Å². The Morgan fingerprint density at radius 3 is 2.62 bits per heavy atom. The lowest BCUT2D eigenvalue weighted by Gasteiger charge is -2.05. The Morgan fingerprint density at radius 2 is 2.19 bits per heavy atom. The monoisotopic (exact) mass is 246 g/mol. The van der Waals surface area contributed by atoms with Gasteiger partial charge < -0.3 is 10.2 Å². The number of rotatable bonds is 3. The van der Waals surface area contributed by atoms with Crippen LogP contribution in [0.5, 0.6) is 0 Å². The van der Waals surface area contributed by atoms with Crippen molar-refractivity contribution in [2.45, 2.75) is 6.04 Å². The molecule has 0 radical (unpaired) electrons. The van der Waals surface area contributed by atoms with Crippen LogP contribution in [0.15, 0.2) is 0 Å². The summed E-state index contributed by atoms with van der Waals surface area (Å²) in [5.74, 6) is -0.421. The molecule has 88 valence electrons. The summed E-state index contributed by atoms with van der Waals surface area (Å²) in [6.45, 7) is 0.0181. The Kier molecular flexibility index (Phi) is 3.34. The number of nitrogens with zero attached hydrogens (tertiary/aromatic N) is 2. The van der Waals surface area contributed by atoms with Crippen LogP contribution in [0.4, 0.5) is 4.79 Å². The average molecular weight is 246 g/mol. The molecule has 0 aromatic heterocycles. The summed E-state index contributed by atoms with van der Waals surface area (Å²) in [5.41, 5.74) is 0. The summed E-state index contributed by atoms with van der Waals surface area (Å²) in [6.07, 6.45) is 0.824. The summed E-state index contributed by atoms with van der Waals surface area (Å²) in [5, 5.41) is 10.5. The first-order valence-corrected chi connectivity index (χ1v) is 6.17. The van der Waals surface area contributed by atoms with E-state index in [1.807, 2.05) is 6.07 Å². The maximum atomic E-state index is 11.2. The molecule has 0 aromatic carbocycles. The van der Waals surface area contributed by atoms with E-state index in [-0.39, 0.29) is 6.54 Å². The third kappa shape index (κ3) is 3.74. The van der Waals surface area contributed by atoms with Gasteiger partial charge >= 0.3 is 6.03 Å². The van der Waals surface area contributed by atoms with Crippen molar-refractivity contribution in [3.63, 3.8) is 0 Å². The fraction of sp³-hybridized carbons (Fsp3) is 0.571. The van der Waals surface area contributed by atoms with Crippen LogP contribution < -0.4 is 10.0 Å². The van der Waals surface area contributed by atoms with E-state index in [1.165, 1.54) is 4.90 Å². The van der Waals surface area contributed by atoms with Gasteiger partial charge in [0, 0.05) is 0 Å². The van der Waals surface area contributed by atoms with Gasteiger partial charge in [-0.2, -0.15) is 5.26 Å². The van der Waals surface area contributed by atoms with Crippen molar-refractivity contribution < 1.29 is 18.0 Å². The molecule has 1 heterocycles. The molecule has 3 amide bonds. The molecular weight excluding hydrogens is 236 g/mol. The minimum atomic E-state index is -3.63. The van der Waals surface area contributed by atoms with Crippen LogP contribution >= 0.6 is 0 Å². The number of urea groups is 1. The van der Waals surface area contributed by atoms with Gasteiger partial charge in [0.05, 0.1) is 25.4 Å². The Hall–Kier alpha value is -1.82. The largest absolute Gasteiger partial charge is 0.328 e. The number of hydrogen-bond donors (Lipinski definition) is 2. The number of nitrogens with one attached hydrogen (secondary N) is 2. The summed E-state index contributed by atoms with van der Waals surface area (Å²) in [4.78, 5) is 23.4. The molecule has 0 aliphatic carbocycles. The Bertz CT molecular complexity index is 451. The highest BCUT2D eigenvalue weighted by atomic mass is 32.2. The maximum absolute atomic E-state index is 11.2. The summed E-state index contributed by atoms with van der Waals surface area (Å²) in [7, 11) is -3.63. The van der Waals surface area contributed by atoms with E-state index in [9.17, 15) is 18.0 Å². The minimum absolute atomic E-state index is 0.334. The number of sulfonamides is 1. The van der Waals surface area contributed by atoms with Gasteiger partial charge in [0.15, 0.2) is 0 Å². The van der Waals surface area contributed by atoms with Crippen LogP contribution in [0.3, 0.4) is 0 Å². The van der Waals surface area contributed by atoms with E-state index in [0.29, 0.717) is 6.54 Å². The lowest BCUT2D eigenvalue weighted by Crippen LogP contribution is -2.42. The Balaban J connectivity index is 2.28. The Labute approximate surface area is 92.3 Å². The van der Waals surface area contributed by atoms with Gasteiger partial charge in [-0.15, -0.1) is 0 Å². The number of carbonyl (C=O) groups excluding carboxylic acids is 2. The lowest BCUT2D eigenvalue weighted by atomic mass is 10.5. The van der Waals surface area contributed by atoms with Crippen LogP contribution in [0, 0.1) is 11.3 Å². The van der Waals surface area contributed by atoms with Crippen molar-refractivity contribution in [3.8, 4) is 6.07 Å². The first kappa shape index (κ1) is 12.3. The van der Waals surface area contributed by atoms with Gasteiger partial charge in [0.1, 0.15) is 6.04 Å². The van der Waals surface area contributed by atoms with Gasteiger partial charge in [-0.05, 0) is 0 Å². The average Bonchev–Trinajstić information content (AvgIpc) is 2.90. The van der Waals surface area contributed by atoms with E-state index in [2.05, 4.69) is 5.32 Å². The molecule has 1 aliphatic heterocycles. The zero-order chi connectivity index (χ0) is 12.3. The van der Waals surface area contributed by atoms with Gasteiger partial charge in [-0.1, -0.05) is 0 Å². The minimum Gasteiger partial charge on any atom is -0.328 e. The van der Waals surface area contributed by atoms with E-state index < -0.39 is 28.0 Å². The summed E-state index contributed by atoms with van der Waals surface area (Å²) < 4.78 is 22.9. The van der Waals surface area contributed by atoms with Gasteiger partial charge in [0.25, 0.3) is 0 Å².